The third-order valence-electron chi connectivity index (χ3n) is 5.28. The highest BCUT2D eigenvalue weighted by molar-refractivity contribution is 7.09. The molecule has 0 rings (SSSR count). The molecule has 5 nitrogen and oxygen atoms in total. The minimum absolute atomic E-state index is 0.100. The van der Waals surface area contributed by atoms with Crippen LogP contribution in [0.2, 0.25) is 0 Å². The third kappa shape index (κ3) is 19.3. The molecule has 0 aliphatic carbocycles. The van der Waals surface area contributed by atoms with Crippen molar-refractivity contribution in [1.29, 1.82) is 0 Å². The Kier molecular flexibility index (Phi) is 22.5. The number of unbranched alkanes of at least 4 members (excludes halogenated alkanes) is 14. The highest BCUT2D eigenvalue weighted by Gasteiger charge is 2.23. The normalized spacial score (nSPS) is 12.0. The van der Waals surface area contributed by atoms with Gasteiger partial charge in [0.25, 0.3) is 0 Å². The molecule has 0 spiro atoms. The number of esters is 2. The van der Waals surface area contributed by atoms with Crippen molar-refractivity contribution in [3.05, 3.63) is 0 Å². The third-order valence-corrected chi connectivity index (χ3v) is 5.61. The zero-order chi connectivity index (χ0) is 22.3. The molecular formula is C24H47O5P. The van der Waals surface area contributed by atoms with Crippen LogP contribution in [0.25, 0.3) is 0 Å². The summed E-state index contributed by atoms with van der Waals surface area (Å²) in [6, 6.07) is 0. The van der Waals surface area contributed by atoms with Crippen LogP contribution in [0.1, 0.15) is 123 Å². The molecule has 2 atom stereocenters. The van der Waals surface area contributed by atoms with E-state index in [1.807, 2.05) is 9.47 Å². The van der Waals surface area contributed by atoms with Crippen molar-refractivity contribution in [1.82, 2.24) is 0 Å². The molecule has 0 fully saturated rings. The minimum atomic E-state index is -0.907. The second-order valence-corrected chi connectivity index (χ2v) is 8.44. The topological polar surface area (TPSA) is 61.8 Å². The van der Waals surface area contributed by atoms with Crippen LogP contribution in [0.5, 0.6) is 0 Å². The van der Waals surface area contributed by atoms with Gasteiger partial charge < -0.3 is 14.0 Å². The van der Waals surface area contributed by atoms with Crippen molar-refractivity contribution >= 4 is 21.4 Å². The van der Waals surface area contributed by atoms with E-state index in [1.54, 1.807) is 0 Å². The van der Waals surface area contributed by atoms with E-state index in [9.17, 15) is 9.59 Å². The number of carbonyl (C=O) groups is 2. The van der Waals surface area contributed by atoms with Crippen LogP contribution in [0, 0.1) is 0 Å². The quantitative estimate of drug-likeness (QED) is 0.103. The van der Waals surface area contributed by atoms with Gasteiger partial charge in [-0.3, -0.25) is 4.79 Å². The summed E-state index contributed by atoms with van der Waals surface area (Å²) in [6.45, 7) is 5.23. The summed E-state index contributed by atoms with van der Waals surface area (Å²) >= 11 is 0. The van der Waals surface area contributed by atoms with E-state index in [0.29, 0.717) is 13.2 Å². The molecule has 0 aliphatic rings. The summed E-state index contributed by atoms with van der Waals surface area (Å²) < 4.78 is 15.5. The van der Waals surface area contributed by atoms with Crippen LogP contribution in [-0.4, -0.2) is 31.3 Å². The Bertz CT molecular complexity index is 403. The maximum atomic E-state index is 12.1. The Labute approximate surface area is 187 Å². The molecule has 0 radical (unpaired) electrons. The molecular weight excluding hydrogens is 399 g/mol. The predicted octanol–water partition coefficient (Wildman–Crippen LogP) is 6.92. The lowest BCUT2D eigenvalue weighted by Gasteiger charge is -2.14. The van der Waals surface area contributed by atoms with E-state index in [0.717, 1.165) is 25.7 Å². The second-order valence-electron chi connectivity index (χ2n) is 8.17. The van der Waals surface area contributed by atoms with Gasteiger partial charge in [-0.05, 0) is 12.8 Å². The molecule has 0 aromatic rings. The fourth-order valence-electron chi connectivity index (χ4n) is 3.32. The smallest absolute Gasteiger partial charge is 0.336 e. The average Bonchev–Trinajstić information content (AvgIpc) is 2.75. The van der Waals surface area contributed by atoms with Crippen molar-refractivity contribution in [3.63, 3.8) is 0 Å². The molecule has 0 N–H and O–H groups in total. The molecule has 6 heteroatoms. The molecule has 0 bridgehead atoms. The number of hydrogen-bond donors (Lipinski definition) is 0. The Balaban J connectivity index is 3.66. The van der Waals surface area contributed by atoms with E-state index >= 15 is 0 Å². The lowest BCUT2D eigenvalue weighted by atomic mass is 10.1. The molecule has 30 heavy (non-hydrogen) atoms. The van der Waals surface area contributed by atoms with Gasteiger partial charge in [0, 0.05) is 9.47 Å². The van der Waals surface area contributed by atoms with Gasteiger partial charge in [-0.2, -0.15) is 0 Å². The summed E-state index contributed by atoms with van der Waals surface area (Å²) in [5.41, 5.74) is 0. The second kappa shape index (κ2) is 23.0. The van der Waals surface area contributed by atoms with Gasteiger partial charge in [-0.1, -0.05) is 104 Å². The molecule has 0 amide bonds. The van der Waals surface area contributed by atoms with Gasteiger partial charge in [0.15, 0.2) is 6.10 Å². The molecule has 0 aromatic heterocycles. The Morgan fingerprint density at radius 3 is 1.47 bits per heavy atom. The van der Waals surface area contributed by atoms with E-state index in [-0.39, 0.29) is 6.42 Å². The first-order valence-electron chi connectivity index (χ1n) is 12.3. The number of hydrogen-bond acceptors (Lipinski definition) is 5. The Morgan fingerprint density at radius 1 is 0.633 bits per heavy atom. The Hall–Kier alpha value is -0.670. The summed E-state index contributed by atoms with van der Waals surface area (Å²) in [7, 11) is 2.05. The zero-order valence-electron chi connectivity index (χ0n) is 19.6. The highest BCUT2D eigenvalue weighted by atomic mass is 31.0. The fourth-order valence-corrected chi connectivity index (χ4v) is 3.53. The largest absolute Gasteiger partial charge is 0.466 e. The van der Waals surface area contributed by atoms with Crippen LogP contribution in [0.3, 0.4) is 0 Å². The number of carbonyl (C=O) groups excluding carboxylic acids is 2. The van der Waals surface area contributed by atoms with Crippen LogP contribution >= 0.6 is 9.47 Å². The molecule has 2 unspecified atom stereocenters. The molecule has 178 valence electrons. The first-order chi connectivity index (χ1) is 14.7. The van der Waals surface area contributed by atoms with Crippen LogP contribution in [0.4, 0.5) is 0 Å². The lowest BCUT2D eigenvalue weighted by molar-refractivity contribution is -0.158. The van der Waals surface area contributed by atoms with E-state index < -0.39 is 18.0 Å². The van der Waals surface area contributed by atoms with Gasteiger partial charge in [0.2, 0.25) is 0 Å². The van der Waals surface area contributed by atoms with E-state index in [2.05, 4.69) is 13.8 Å². The van der Waals surface area contributed by atoms with Crippen molar-refractivity contribution in [3.8, 4) is 0 Å². The van der Waals surface area contributed by atoms with Crippen molar-refractivity contribution in [2.24, 2.45) is 0 Å². The molecule has 0 heterocycles. The van der Waals surface area contributed by atoms with Gasteiger partial charge >= 0.3 is 11.9 Å². The highest BCUT2D eigenvalue weighted by Crippen LogP contribution is 2.12. The summed E-state index contributed by atoms with van der Waals surface area (Å²) in [4.78, 5) is 24.0. The number of ether oxygens (including phenoxy) is 2. The fraction of sp³-hybridized carbons (Fsp3) is 0.917. The van der Waals surface area contributed by atoms with Crippen molar-refractivity contribution < 1.29 is 23.6 Å². The summed E-state index contributed by atoms with van der Waals surface area (Å²) in [5, 5.41) is 0. The molecule has 0 aliphatic heterocycles. The first kappa shape index (κ1) is 29.3. The summed E-state index contributed by atoms with van der Waals surface area (Å²) in [5.74, 6) is -0.897. The van der Waals surface area contributed by atoms with Gasteiger partial charge in [-0.25, -0.2) is 4.79 Å². The van der Waals surface area contributed by atoms with E-state index in [1.165, 1.54) is 77.0 Å². The van der Waals surface area contributed by atoms with Crippen LogP contribution < -0.4 is 0 Å². The van der Waals surface area contributed by atoms with E-state index in [4.69, 9.17) is 14.0 Å². The first-order valence-corrected chi connectivity index (χ1v) is 12.8. The standard InChI is InChI=1S/C24H47O5P/c1-3-5-7-9-11-13-15-17-19-27-23(25)21-22(29-30)24(26)28-20-18-16-14-12-10-8-6-4-2/h22H,3-21,30H2,1-2H3. The SMILES string of the molecule is CCCCCCCCCCOC(=O)CC(OP)C(=O)OCCCCCCCCCC. The average molecular weight is 447 g/mol. The predicted molar refractivity (Wildman–Crippen MR) is 126 cm³/mol. The van der Waals surface area contributed by atoms with Gasteiger partial charge in [-0.15, -0.1) is 0 Å². The maximum Gasteiger partial charge on any atom is 0.336 e. The monoisotopic (exact) mass is 446 g/mol. The van der Waals surface area contributed by atoms with Crippen LogP contribution in [0.15, 0.2) is 0 Å². The zero-order valence-corrected chi connectivity index (χ0v) is 20.8. The summed E-state index contributed by atoms with van der Waals surface area (Å²) in [6.07, 6.45) is 18.1. The van der Waals surface area contributed by atoms with Crippen molar-refractivity contribution in [2.45, 2.75) is 129 Å². The lowest BCUT2D eigenvalue weighted by Crippen LogP contribution is -2.28. The van der Waals surface area contributed by atoms with Gasteiger partial charge in [0.05, 0.1) is 19.6 Å². The minimum Gasteiger partial charge on any atom is -0.466 e. The van der Waals surface area contributed by atoms with Crippen LogP contribution in [-0.2, 0) is 23.6 Å². The van der Waals surface area contributed by atoms with Gasteiger partial charge in [0.1, 0.15) is 0 Å². The molecule has 0 saturated carbocycles. The molecule has 0 saturated heterocycles. The molecule has 0 aromatic carbocycles. The Morgan fingerprint density at radius 2 is 1.03 bits per heavy atom. The number of rotatable bonds is 22. The maximum absolute atomic E-state index is 12.1. The van der Waals surface area contributed by atoms with Crippen molar-refractivity contribution in [2.75, 3.05) is 13.2 Å².